The molecular weight excluding hydrogens is 413 g/mol. The van der Waals surface area contributed by atoms with Crippen molar-refractivity contribution in [3.8, 4) is 0 Å². The molecular formula is C21H27Cl2N3O3. The van der Waals surface area contributed by atoms with Gasteiger partial charge in [0.25, 0.3) is 0 Å². The molecule has 6 nitrogen and oxygen atoms in total. The number of nitrogens with one attached hydrogen (secondary N) is 1. The maximum atomic E-state index is 13.0. The number of nitrogens with zero attached hydrogens (tertiary/aromatic N) is 2. The maximum absolute atomic E-state index is 13.0. The van der Waals surface area contributed by atoms with Gasteiger partial charge < -0.3 is 10.4 Å². The molecule has 2 unspecified atom stereocenters. The molecule has 0 bridgehead atoms. The van der Waals surface area contributed by atoms with Crippen molar-refractivity contribution in [2.24, 2.45) is 5.92 Å². The lowest BCUT2D eigenvalue weighted by Gasteiger charge is -2.31. The van der Waals surface area contributed by atoms with E-state index in [0.29, 0.717) is 42.6 Å². The number of likely N-dealkylation sites (tertiary alicyclic amines) is 1. The van der Waals surface area contributed by atoms with E-state index < -0.39 is 0 Å². The number of carbonyl (C=O) groups excluding carboxylic acids is 2. The Morgan fingerprint density at radius 2 is 2.14 bits per heavy atom. The van der Waals surface area contributed by atoms with Crippen LogP contribution in [0.2, 0.25) is 10.0 Å². The van der Waals surface area contributed by atoms with Crippen LogP contribution in [0, 0.1) is 5.92 Å². The molecule has 3 rings (SSSR count). The molecule has 0 aliphatic carbocycles. The lowest BCUT2D eigenvalue weighted by molar-refractivity contribution is -0.124. The molecule has 2 aliphatic heterocycles. The van der Waals surface area contributed by atoms with Crippen LogP contribution in [0.1, 0.15) is 18.4 Å². The maximum Gasteiger partial charge on any atom is 0.234 e. The zero-order valence-electron chi connectivity index (χ0n) is 16.3. The van der Waals surface area contributed by atoms with Crippen LogP contribution in [-0.2, 0) is 9.59 Å². The summed E-state index contributed by atoms with van der Waals surface area (Å²) < 4.78 is 0. The van der Waals surface area contributed by atoms with E-state index in [0.717, 1.165) is 25.1 Å². The van der Waals surface area contributed by atoms with Crippen molar-refractivity contribution >= 4 is 41.0 Å². The van der Waals surface area contributed by atoms with Gasteiger partial charge in [-0.1, -0.05) is 35.3 Å². The van der Waals surface area contributed by atoms with Gasteiger partial charge in [0, 0.05) is 32.8 Å². The fraction of sp³-hybridized carbons (Fsp3) is 0.524. The second kappa shape index (κ2) is 10.5. The Balaban J connectivity index is 1.67. The lowest BCUT2D eigenvalue weighted by Crippen LogP contribution is -2.49. The van der Waals surface area contributed by atoms with Gasteiger partial charge in [0.05, 0.1) is 22.6 Å². The minimum Gasteiger partial charge on any atom is -0.396 e. The first-order valence-corrected chi connectivity index (χ1v) is 10.7. The van der Waals surface area contributed by atoms with Gasteiger partial charge in [-0.3, -0.25) is 19.4 Å². The van der Waals surface area contributed by atoms with Gasteiger partial charge in [0.2, 0.25) is 5.91 Å². The molecule has 0 saturated carbocycles. The second-order valence-electron chi connectivity index (χ2n) is 7.67. The van der Waals surface area contributed by atoms with Crippen molar-refractivity contribution in [1.82, 2.24) is 15.1 Å². The predicted octanol–water partition coefficient (Wildman–Crippen LogP) is 2.08. The number of hydrogen-bond donors (Lipinski definition) is 2. The van der Waals surface area contributed by atoms with Crippen LogP contribution in [0.3, 0.4) is 0 Å². The molecule has 29 heavy (non-hydrogen) atoms. The average molecular weight is 440 g/mol. The Labute approximate surface area is 181 Å². The van der Waals surface area contributed by atoms with E-state index >= 15 is 0 Å². The Kier molecular flexibility index (Phi) is 8.09. The van der Waals surface area contributed by atoms with Crippen molar-refractivity contribution in [1.29, 1.82) is 0 Å². The summed E-state index contributed by atoms with van der Waals surface area (Å²) >= 11 is 12.0. The number of aliphatic hydroxyl groups is 1. The number of aliphatic hydroxyl groups excluding tert-OH is 1. The number of ketones is 1. The van der Waals surface area contributed by atoms with Crippen LogP contribution in [0.4, 0.5) is 0 Å². The molecule has 2 heterocycles. The third-order valence-corrected chi connectivity index (χ3v) is 6.30. The van der Waals surface area contributed by atoms with Gasteiger partial charge in [0.1, 0.15) is 0 Å². The Morgan fingerprint density at radius 3 is 2.83 bits per heavy atom. The molecule has 158 valence electrons. The molecule has 1 aromatic carbocycles. The van der Waals surface area contributed by atoms with Crippen molar-refractivity contribution in [3.05, 3.63) is 39.9 Å². The molecule has 0 spiro atoms. The fourth-order valence-electron chi connectivity index (χ4n) is 3.89. The summed E-state index contributed by atoms with van der Waals surface area (Å²) in [7, 11) is 0. The summed E-state index contributed by atoms with van der Waals surface area (Å²) in [4.78, 5) is 28.9. The molecule has 8 heteroatoms. The van der Waals surface area contributed by atoms with Gasteiger partial charge in [-0.25, -0.2) is 0 Å². The monoisotopic (exact) mass is 439 g/mol. The normalized spacial score (nSPS) is 22.2. The second-order valence-corrected chi connectivity index (χ2v) is 8.49. The Bertz CT molecular complexity index is 772. The van der Waals surface area contributed by atoms with E-state index in [1.54, 1.807) is 24.3 Å². The quantitative estimate of drug-likeness (QED) is 0.606. The number of benzene rings is 1. The van der Waals surface area contributed by atoms with E-state index in [-0.39, 0.29) is 30.3 Å². The van der Waals surface area contributed by atoms with Crippen LogP contribution >= 0.6 is 23.2 Å². The zero-order chi connectivity index (χ0) is 20.8. The highest BCUT2D eigenvalue weighted by Gasteiger charge is 2.31. The molecule has 2 fully saturated rings. The highest BCUT2D eigenvalue weighted by Crippen LogP contribution is 2.24. The summed E-state index contributed by atoms with van der Waals surface area (Å²) in [6, 6.07) is 4.98. The summed E-state index contributed by atoms with van der Waals surface area (Å²) in [6.45, 7) is 4.15. The minimum atomic E-state index is -0.268. The van der Waals surface area contributed by atoms with Gasteiger partial charge >= 0.3 is 0 Å². The van der Waals surface area contributed by atoms with E-state index in [4.69, 9.17) is 23.2 Å². The predicted molar refractivity (Wildman–Crippen MR) is 115 cm³/mol. The van der Waals surface area contributed by atoms with Crippen molar-refractivity contribution in [2.45, 2.75) is 18.9 Å². The van der Waals surface area contributed by atoms with Crippen LogP contribution in [0.15, 0.2) is 24.3 Å². The number of rotatable bonds is 8. The topological polar surface area (TPSA) is 72.9 Å². The Morgan fingerprint density at radius 1 is 1.31 bits per heavy atom. The number of amides is 1. The summed E-state index contributed by atoms with van der Waals surface area (Å²) in [5, 5.41) is 13.2. The largest absolute Gasteiger partial charge is 0.396 e. The summed E-state index contributed by atoms with van der Waals surface area (Å²) in [6.07, 6.45) is 4.89. The van der Waals surface area contributed by atoms with E-state index in [9.17, 15) is 14.7 Å². The van der Waals surface area contributed by atoms with Crippen molar-refractivity contribution in [3.63, 3.8) is 0 Å². The molecule has 0 radical (unpaired) electrons. The first-order valence-electron chi connectivity index (χ1n) is 9.97. The van der Waals surface area contributed by atoms with Crippen LogP contribution in [0.25, 0.3) is 6.08 Å². The van der Waals surface area contributed by atoms with Crippen molar-refractivity contribution in [2.75, 3.05) is 45.9 Å². The third kappa shape index (κ3) is 6.27. The highest BCUT2D eigenvalue weighted by atomic mass is 35.5. The molecule has 2 aliphatic rings. The molecule has 2 saturated heterocycles. The van der Waals surface area contributed by atoms with E-state index in [1.165, 1.54) is 0 Å². The van der Waals surface area contributed by atoms with Gasteiger partial charge in [-0.15, -0.1) is 0 Å². The first kappa shape index (κ1) is 22.2. The third-order valence-electron chi connectivity index (χ3n) is 5.56. The standard InChI is InChI=1S/C21H27Cl2N3O3/c22-17-3-1-15(11-18(17)23)2-4-20(28)19(26-9-5-16(12-26)14-27)6-8-25-10-7-24-21(29)13-25/h1-4,11,16,19,27H,5-10,12-14H2,(H,24,29)/b4-2+. The Hall–Kier alpha value is -1.44. The average Bonchev–Trinajstić information content (AvgIpc) is 3.18. The van der Waals surface area contributed by atoms with Crippen LogP contribution in [0.5, 0.6) is 0 Å². The number of hydrogen-bond acceptors (Lipinski definition) is 5. The van der Waals surface area contributed by atoms with E-state index in [1.807, 2.05) is 6.07 Å². The zero-order valence-corrected chi connectivity index (χ0v) is 17.8. The number of carbonyl (C=O) groups is 2. The molecule has 0 aromatic heterocycles. The SMILES string of the molecule is O=C1CN(CCC(C(=O)/C=C/c2ccc(Cl)c(Cl)c2)N2CCC(CO)C2)CCN1. The number of piperazine rings is 1. The minimum absolute atomic E-state index is 0.0242. The summed E-state index contributed by atoms with van der Waals surface area (Å²) in [5.74, 6) is 0.265. The fourth-order valence-corrected chi connectivity index (χ4v) is 4.20. The first-order chi connectivity index (χ1) is 14.0. The van der Waals surface area contributed by atoms with Crippen LogP contribution in [-0.4, -0.2) is 78.5 Å². The lowest BCUT2D eigenvalue weighted by atomic mass is 10.0. The van der Waals surface area contributed by atoms with Gasteiger partial charge in [0.15, 0.2) is 5.78 Å². The van der Waals surface area contributed by atoms with Crippen molar-refractivity contribution < 1.29 is 14.7 Å². The molecule has 2 atom stereocenters. The summed E-state index contributed by atoms with van der Waals surface area (Å²) in [5.41, 5.74) is 0.814. The smallest absolute Gasteiger partial charge is 0.234 e. The van der Waals surface area contributed by atoms with Crippen LogP contribution < -0.4 is 5.32 Å². The van der Waals surface area contributed by atoms with Gasteiger partial charge in [-0.2, -0.15) is 0 Å². The van der Waals surface area contributed by atoms with E-state index in [2.05, 4.69) is 15.1 Å². The molecule has 2 N–H and O–H groups in total. The molecule has 1 amide bonds. The van der Waals surface area contributed by atoms with Gasteiger partial charge in [-0.05, 0) is 49.1 Å². The highest BCUT2D eigenvalue weighted by molar-refractivity contribution is 6.42. The molecule has 1 aromatic rings. The number of halogens is 2.